The molecule has 1 aliphatic carbocycles. The molecule has 2 N–H and O–H groups in total. The number of amides is 1. The Kier molecular flexibility index (Phi) is 8.73. The molecular weight excluding hydrogens is 534 g/mol. The maximum Gasteiger partial charge on any atom is 0.311 e. The van der Waals surface area contributed by atoms with Crippen LogP contribution in [0.25, 0.3) is 11.3 Å². The Morgan fingerprint density at radius 2 is 1.93 bits per heavy atom. The Labute approximate surface area is 245 Å². The quantitative estimate of drug-likeness (QED) is 0.308. The number of carbonyl (C=O) groups is 2. The second kappa shape index (κ2) is 12.6. The lowest BCUT2D eigenvalue weighted by molar-refractivity contribution is -0.159. The number of nitrogens with zero attached hydrogens (tertiary/aromatic N) is 6. The van der Waals surface area contributed by atoms with Crippen molar-refractivity contribution in [3.63, 3.8) is 0 Å². The number of nitriles is 1. The van der Waals surface area contributed by atoms with Crippen molar-refractivity contribution in [2.45, 2.75) is 44.4 Å². The van der Waals surface area contributed by atoms with Gasteiger partial charge < -0.3 is 25.0 Å². The number of hydrogen-bond donors (Lipinski definition) is 2. The van der Waals surface area contributed by atoms with Crippen LogP contribution >= 0.6 is 0 Å². The van der Waals surface area contributed by atoms with Gasteiger partial charge in [-0.1, -0.05) is 35.5 Å². The summed E-state index contributed by atoms with van der Waals surface area (Å²) >= 11 is 0. The first kappa shape index (κ1) is 29.1. The lowest BCUT2D eigenvalue weighted by Gasteiger charge is -2.48. The monoisotopic (exact) mass is 571 g/mol. The van der Waals surface area contributed by atoms with Crippen LogP contribution in [0, 0.1) is 29.2 Å². The molecule has 2 aliphatic rings. The zero-order valence-corrected chi connectivity index (χ0v) is 24.2. The van der Waals surface area contributed by atoms with Crippen molar-refractivity contribution in [1.82, 2.24) is 19.9 Å². The number of ether oxygens (including phenoxy) is 1. The Morgan fingerprint density at radius 3 is 2.64 bits per heavy atom. The molecule has 2 aromatic carbocycles. The van der Waals surface area contributed by atoms with Crippen LogP contribution in [-0.4, -0.2) is 70.7 Å². The molecule has 11 heteroatoms. The molecular formula is C31H37N7O4. The number of aliphatic hydroxyl groups is 1. The number of likely N-dealkylation sites (tertiary alicyclic amines) is 1. The van der Waals surface area contributed by atoms with E-state index in [1.165, 1.54) is 7.11 Å². The van der Waals surface area contributed by atoms with Gasteiger partial charge in [-0.3, -0.25) is 14.3 Å². The average Bonchev–Trinajstić information content (AvgIpc) is 3.48. The van der Waals surface area contributed by atoms with Crippen LogP contribution in [-0.2, 0) is 20.9 Å². The molecule has 1 saturated heterocycles. The number of rotatable bonds is 8. The lowest BCUT2D eigenvalue weighted by Crippen LogP contribution is -2.51. The van der Waals surface area contributed by atoms with Gasteiger partial charge >= 0.3 is 5.97 Å². The Hall–Kier alpha value is -4.43. The number of benzene rings is 2. The summed E-state index contributed by atoms with van der Waals surface area (Å²) in [6.45, 7) is 0.841. The number of carbonyl (C=O) groups excluding carboxylic acids is 2. The number of fused-ring (bicyclic) bond motifs is 1. The number of hydrogen-bond acceptors (Lipinski definition) is 9. The van der Waals surface area contributed by atoms with E-state index in [9.17, 15) is 20.0 Å². The van der Waals surface area contributed by atoms with E-state index < -0.39 is 18.0 Å². The first-order chi connectivity index (χ1) is 20.3. The standard InChI is InChI=1S/C31H37N7O4/c1-36(2)22-11-8-20(9-12-22)26-18-38(35-34-26)15-14-29(40)33-25-7-5-4-6-23(25)27-16-24-21(17-37(27)19-32)10-13-28(39)30(24)31(41)42-3/h4-9,11-12,18,21,24,27-28,30,39H,10,13-17H2,1-3H3,(H,33,40)/t21-,24-,27-,28-,30+/m0/s1. The van der Waals surface area contributed by atoms with Crippen LogP contribution < -0.4 is 10.2 Å². The van der Waals surface area contributed by atoms with Crippen molar-refractivity contribution in [1.29, 1.82) is 5.26 Å². The lowest BCUT2D eigenvalue weighted by atomic mass is 9.65. The SMILES string of the molecule is COC(=O)[C@@H]1[C@H]2C[C@@H](c3ccccc3NC(=O)CCn3cc(-c4ccc(N(C)C)cc4)nn3)N(C#N)C[C@@H]2CC[C@@H]1O. The van der Waals surface area contributed by atoms with Crippen molar-refractivity contribution in [3.8, 4) is 17.5 Å². The predicted octanol–water partition coefficient (Wildman–Crippen LogP) is 3.44. The van der Waals surface area contributed by atoms with Crippen molar-refractivity contribution >= 4 is 23.3 Å². The van der Waals surface area contributed by atoms with Gasteiger partial charge in [-0.15, -0.1) is 5.10 Å². The molecule has 3 aromatic rings. The van der Waals surface area contributed by atoms with Gasteiger partial charge in [0.25, 0.3) is 0 Å². The number of para-hydroxylation sites is 1. The minimum Gasteiger partial charge on any atom is -0.469 e. The van der Waals surface area contributed by atoms with E-state index in [2.05, 4.69) is 21.8 Å². The largest absolute Gasteiger partial charge is 0.469 e. The van der Waals surface area contributed by atoms with Gasteiger partial charge in [0.05, 0.1) is 37.9 Å². The van der Waals surface area contributed by atoms with Crippen molar-refractivity contribution < 1.29 is 19.4 Å². The predicted molar refractivity (Wildman–Crippen MR) is 157 cm³/mol. The number of aliphatic hydroxyl groups excluding tert-OH is 1. The summed E-state index contributed by atoms with van der Waals surface area (Å²) in [5.41, 5.74) is 4.20. The smallest absolute Gasteiger partial charge is 0.311 e. The van der Waals surface area contributed by atoms with Gasteiger partial charge in [-0.05, 0) is 54.9 Å². The van der Waals surface area contributed by atoms with Crippen LogP contribution in [0.1, 0.15) is 37.3 Å². The number of aromatic nitrogens is 3. The summed E-state index contributed by atoms with van der Waals surface area (Å²) in [5.74, 6) is -1.25. The first-order valence-electron chi connectivity index (χ1n) is 14.3. The van der Waals surface area contributed by atoms with Crippen LogP contribution in [0.3, 0.4) is 0 Å². The first-order valence-corrected chi connectivity index (χ1v) is 14.3. The fourth-order valence-electron chi connectivity index (χ4n) is 6.36. The van der Waals surface area contributed by atoms with E-state index in [0.717, 1.165) is 28.9 Å². The summed E-state index contributed by atoms with van der Waals surface area (Å²) in [6, 6.07) is 15.1. The highest BCUT2D eigenvalue weighted by Gasteiger charge is 2.48. The number of esters is 1. The third kappa shape index (κ3) is 6.09. The highest BCUT2D eigenvalue weighted by Crippen LogP contribution is 2.47. The molecule has 5 rings (SSSR count). The molecule has 0 bridgehead atoms. The van der Waals surface area contributed by atoms with Crippen molar-refractivity contribution in [2.24, 2.45) is 17.8 Å². The molecule has 0 unspecified atom stereocenters. The molecule has 42 heavy (non-hydrogen) atoms. The molecule has 220 valence electrons. The number of nitrogens with one attached hydrogen (secondary N) is 1. The van der Waals surface area contributed by atoms with E-state index in [0.29, 0.717) is 31.6 Å². The van der Waals surface area contributed by atoms with E-state index in [1.807, 2.05) is 73.7 Å². The number of aryl methyl sites for hydroxylation is 1. The van der Waals surface area contributed by atoms with E-state index in [-0.39, 0.29) is 30.2 Å². The molecule has 1 amide bonds. The molecule has 2 heterocycles. The van der Waals surface area contributed by atoms with Gasteiger partial charge in [-0.25, -0.2) is 0 Å². The molecule has 0 spiro atoms. The minimum atomic E-state index is -0.766. The molecule has 1 aliphatic heterocycles. The molecule has 0 radical (unpaired) electrons. The molecule has 5 atom stereocenters. The normalized spacial score (nSPS) is 23.4. The third-order valence-corrected chi connectivity index (χ3v) is 8.60. The van der Waals surface area contributed by atoms with Gasteiger partial charge in [0.15, 0.2) is 6.19 Å². The van der Waals surface area contributed by atoms with Crippen molar-refractivity contribution in [3.05, 3.63) is 60.3 Å². The summed E-state index contributed by atoms with van der Waals surface area (Å²) < 4.78 is 6.69. The highest BCUT2D eigenvalue weighted by molar-refractivity contribution is 5.91. The average molecular weight is 572 g/mol. The summed E-state index contributed by atoms with van der Waals surface area (Å²) in [5, 5.41) is 32.2. The molecule has 2 fully saturated rings. The van der Waals surface area contributed by atoms with Crippen molar-refractivity contribution in [2.75, 3.05) is 38.0 Å². The minimum absolute atomic E-state index is 0.105. The highest BCUT2D eigenvalue weighted by atomic mass is 16.5. The van der Waals surface area contributed by atoms with Crippen LogP contribution in [0.2, 0.25) is 0 Å². The molecule has 1 aromatic heterocycles. The summed E-state index contributed by atoms with van der Waals surface area (Å²) in [4.78, 5) is 29.4. The van der Waals surface area contributed by atoms with Gasteiger partial charge in [-0.2, -0.15) is 5.26 Å². The van der Waals surface area contributed by atoms with Crippen LogP contribution in [0.15, 0.2) is 54.7 Å². The Morgan fingerprint density at radius 1 is 1.17 bits per heavy atom. The number of anilines is 2. The fraction of sp³-hybridized carbons (Fsp3) is 0.452. The Balaban J connectivity index is 1.26. The second-order valence-electron chi connectivity index (χ2n) is 11.3. The second-order valence-corrected chi connectivity index (χ2v) is 11.3. The summed E-state index contributed by atoms with van der Waals surface area (Å²) in [6.07, 6.45) is 5.32. The van der Waals surface area contributed by atoms with E-state index in [1.54, 1.807) is 9.58 Å². The maximum absolute atomic E-state index is 13.1. The number of piperidine rings is 1. The molecule has 1 saturated carbocycles. The molecule has 11 nitrogen and oxygen atoms in total. The zero-order chi connectivity index (χ0) is 29.8. The Bertz CT molecular complexity index is 1450. The van der Waals surface area contributed by atoms with Gasteiger partial charge in [0.1, 0.15) is 5.69 Å². The summed E-state index contributed by atoms with van der Waals surface area (Å²) in [7, 11) is 5.32. The topological polar surface area (TPSA) is 137 Å². The number of methoxy groups -OCH3 is 1. The van der Waals surface area contributed by atoms with E-state index >= 15 is 0 Å². The third-order valence-electron chi connectivity index (χ3n) is 8.60. The van der Waals surface area contributed by atoms with E-state index in [4.69, 9.17) is 4.74 Å². The maximum atomic E-state index is 13.1. The van der Waals surface area contributed by atoms with Gasteiger partial charge in [0, 0.05) is 44.0 Å². The zero-order valence-electron chi connectivity index (χ0n) is 24.2. The van der Waals surface area contributed by atoms with Crippen LogP contribution in [0.4, 0.5) is 11.4 Å². The fourth-order valence-corrected chi connectivity index (χ4v) is 6.36. The van der Waals surface area contributed by atoms with Gasteiger partial charge in [0.2, 0.25) is 5.91 Å². The van der Waals surface area contributed by atoms with Crippen LogP contribution in [0.5, 0.6) is 0 Å².